The van der Waals surface area contributed by atoms with E-state index in [0.717, 1.165) is 6.92 Å². The van der Waals surface area contributed by atoms with Crippen LogP contribution in [0.25, 0.3) is 0 Å². The SMILES string of the molecule is CSCC[C@H](NC(=O)[C@H](CCC(=O)O)NC(=O)[C@@H](N)CCC(=O)O)C(=O)N[C@@H](CCC(N)=O)C(=O)N[C@@H](CCCN=C(N)N)C(=O)N[C@@H](CCCN=C(N)N)C(=O)N[C@H](C(=O)N[C@@H](CC(=O)O)C(=O)O)[C@@H](C)O. The van der Waals surface area contributed by atoms with Gasteiger partial charge in [0.2, 0.25) is 47.3 Å². The van der Waals surface area contributed by atoms with Crippen molar-refractivity contribution in [3.05, 3.63) is 0 Å². The molecule has 0 heterocycles. The van der Waals surface area contributed by atoms with Gasteiger partial charge in [0.15, 0.2) is 11.9 Å². The Morgan fingerprint density at radius 3 is 1.22 bits per heavy atom. The number of amides is 8. The van der Waals surface area contributed by atoms with Crippen LogP contribution in [0.5, 0.6) is 0 Å². The van der Waals surface area contributed by atoms with E-state index in [1.807, 2.05) is 5.32 Å². The number of aliphatic carboxylic acids is 4. The number of thioether (sulfide) groups is 1. The second-order valence-electron chi connectivity index (χ2n) is 16.2. The molecule has 0 unspecified atom stereocenters. The molecule has 9 atom stereocenters. The number of aliphatic hydroxyl groups excluding tert-OH is 1. The van der Waals surface area contributed by atoms with Gasteiger partial charge in [0, 0.05) is 32.4 Å². The molecule has 0 saturated heterocycles. The molecule has 0 spiro atoms. The van der Waals surface area contributed by atoms with Crippen molar-refractivity contribution >= 4 is 94.8 Å². The Morgan fingerprint density at radius 1 is 0.479 bits per heavy atom. The second kappa shape index (κ2) is 34.7. The Balaban J connectivity index is 6.97. The largest absolute Gasteiger partial charge is 0.481 e. The predicted molar refractivity (Wildman–Crippen MR) is 258 cm³/mol. The maximum Gasteiger partial charge on any atom is 0.326 e. The van der Waals surface area contributed by atoms with E-state index in [9.17, 15) is 72.9 Å². The van der Waals surface area contributed by atoms with Crippen molar-refractivity contribution in [2.75, 3.05) is 25.1 Å². The van der Waals surface area contributed by atoms with Crippen LogP contribution in [-0.4, -0.2) is 188 Å². The number of aliphatic hydroxyl groups is 1. The van der Waals surface area contributed by atoms with Gasteiger partial charge in [-0.3, -0.25) is 62.7 Å². The third-order valence-corrected chi connectivity index (χ3v) is 10.7. The van der Waals surface area contributed by atoms with Crippen LogP contribution in [0.2, 0.25) is 0 Å². The van der Waals surface area contributed by atoms with Crippen molar-refractivity contribution in [3.8, 4) is 0 Å². The van der Waals surface area contributed by atoms with Gasteiger partial charge in [0.05, 0.1) is 18.6 Å². The van der Waals surface area contributed by atoms with E-state index >= 15 is 0 Å². The molecule has 0 fully saturated rings. The molecule has 8 amide bonds. The zero-order chi connectivity index (χ0) is 56.0. The number of carboxylic acids is 4. The van der Waals surface area contributed by atoms with E-state index in [0.29, 0.717) is 0 Å². The monoisotopic (exact) mass is 1060 g/mol. The van der Waals surface area contributed by atoms with E-state index < -0.39 is 164 Å². The van der Waals surface area contributed by atoms with Crippen LogP contribution in [0.4, 0.5) is 0 Å². The van der Waals surface area contributed by atoms with Crippen molar-refractivity contribution in [3.63, 3.8) is 0 Å². The number of carbonyl (C=O) groups excluding carboxylic acids is 8. The fourth-order valence-electron chi connectivity index (χ4n) is 6.21. The molecule has 412 valence electrons. The number of rotatable bonds is 38. The highest BCUT2D eigenvalue weighted by Gasteiger charge is 2.36. The maximum atomic E-state index is 14.1. The zero-order valence-corrected chi connectivity index (χ0v) is 41.0. The topological polar surface area (TPSA) is 571 Å². The molecule has 0 aromatic carbocycles. The number of nitrogens with zero attached hydrogens (tertiary/aromatic N) is 2. The third kappa shape index (κ3) is 28.8. The summed E-state index contributed by atoms with van der Waals surface area (Å²) in [5, 5.41) is 63.3. The highest BCUT2D eigenvalue weighted by atomic mass is 32.2. The molecule has 0 aromatic rings. The molecule has 0 aliphatic heterocycles. The van der Waals surface area contributed by atoms with Crippen LogP contribution in [-0.2, 0) is 57.5 Å². The van der Waals surface area contributed by atoms with Crippen LogP contribution in [0.1, 0.15) is 84.0 Å². The van der Waals surface area contributed by atoms with Gasteiger partial charge < -0.3 is 97.2 Å². The van der Waals surface area contributed by atoms with Crippen LogP contribution in [0, 0.1) is 0 Å². The molecule has 0 saturated carbocycles. The zero-order valence-electron chi connectivity index (χ0n) is 40.2. The number of primary amides is 1. The Bertz CT molecular complexity index is 2000. The average molecular weight is 1060 g/mol. The highest BCUT2D eigenvalue weighted by molar-refractivity contribution is 7.98. The molecule has 24 N–H and O–H groups in total. The number of carbonyl (C=O) groups is 12. The van der Waals surface area contributed by atoms with Gasteiger partial charge in [-0.05, 0) is 70.3 Å². The van der Waals surface area contributed by atoms with E-state index in [4.69, 9.17) is 44.6 Å². The quantitative estimate of drug-likeness (QED) is 0.0155. The average Bonchev–Trinajstić information content (AvgIpc) is 3.29. The van der Waals surface area contributed by atoms with Gasteiger partial charge in [0.25, 0.3) is 0 Å². The first-order valence-electron chi connectivity index (χ1n) is 22.4. The fraction of sp³-hybridized carbons (Fsp3) is 0.650. The molecule has 0 aliphatic rings. The van der Waals surface area contributed by atoms with Gasteiger partial charge in [-0.25, -0.2) is 4.79 Å². The summed E-state index contributed by atoms with van der Waals surface area (Å²) in [5.41, 5.74) is 32.8. The number of guanidine groups is 2. The van der Waals surface area contributed by atoms with Gasteiger partial charge in [-0.15, -0.1) is 0 Å². The van der Waals surface area contributed by atoms with Crippen molar-refractivity contribution in [2.24, 2.45) is 44.4 Å². The molecule has 0 rings (SSSR count). The summed E-state index contributed by atoms with van der Waals surface area (Å²) in [4.78, 5) is 160. The number of hydrogen-bond donors (Lipinski definition) is 18. The first-order chi connectivity index (χ1) is 34.1. The summed E-state index contributed by atoms with van der Waals surface area (Å²) >= 11 is 1.23. The van der Waals surface area contributed by atoms with E-state index in [-0.39, 0.29) is 69.3 Å². The lowest BCUT2D eigenvalue weighted by atomic mass is 10.0. The molecule has 0 bridgehead atoms. The summed E-state index contributed by atoms with van der Waals surface area (Å²) in [6.45, 7) is 0.842. The van der Waals surface area contributed by atoms with Crippen LogP contribution in [0.15, 0.2) is 9.98 Å². The first kappa shape index (κ1) is 65.5. The minimum atomic E-state index is -1.98. The Morgan fingerprint density at radius 2 is 0.849 bits per heavy atom. The minimum Gasteiger partial charge on any atom is -0.481 e. The molecular formula is C40H69N15O17S. The fourth-order valence-corrected chi connectivity index (χ4v) is 6.69. The molecule has 0 aliphatic carbocycles. The summed E-state index contributed by atoms with van der Waals surface area (Å²) in [6, 6.07) is -13.3. The van der Waals surface area contributed by atoms with Gasteiger partial charge >= 0.3 is 23.9 Å². The van der Waals surface area contributed by atoms with E-state index in [1.54, 1.807) is 6.26 Å². The minimum absolute atomic E-state index is 0.0197. The van der Waals surface area contributed by atoms with Crippen molar-refractivity contribution in [1.29, 1.82) is 0 Å². The summed E-state index contributed by atoms with van der Waals surface area (Å²) in [5.74, 6) is -15.1. The van der Waals surface area contributed by atoms with Crippen LogP contribution in [0.3, 0.4) is 0 Å². The van der Waals surface area contributed by atoms with Gasteiger partial charge in [-0.1, -0.05) is 0 Å². The normalized spacial score (nSPS) is 14.5. The predicted octanol–water partition coefficient (Wildman–Crippen LogP) is -7.50. The van der Waals surface area contributed by atoms with Gasteiger partial charge in [0.1, 0.15) is 42.3 Å². The summed E-state index contributed by atoms with van der Waals surface area (Å²) in [7, 11) is 0. The highest BCUT2D eigenvalue weighted by Crippen LogP contribution is 2.10. The van der Waals surface area contributed by atoms with Crippen LogP contribution >= 0.6 is 11.8 Å². The molecular weight excluding hydrogens is 995 g/mol. The van der Waals surface area contributed by atoms with E-state index in [2.05, 4.69) is 41.9 Å². The lowest BCUT2D eigenvalue weighted by molar-refractivity contribution is -0.148. The van der Waals surface area contributed by atoms with Crippen molar-refractivity contribution in [2.45, 2.75) is 138 Å². The third-order valence-electron chi connectivity index (χ3n) is 10.1. The number of aliphatic imine (C=N–C) groups is 2. The van der Waals surface area contributed by atoms with Crippen molar-refractivity contribution in [1.82, 2.24) is 37.2 Å². The molecule has 32 nitrogen and oxygen atoms in total. The number of hydrogen-bond acceptors (Lipinski definition) is 17. The van der Waals surface area contributed by atoms with Gasteiger partial charge in [-0.2, -0.15) is 11.8 Å². The Kier molecular flexibility index (Phi) is 31.1. The number of nitrogens with one attached hydrogen (secondary N) is 7. The summed E-state index contributed by atoms with van der Waals surface area (Å²) < 4.78 is 0. The lowest BCUT2D eigenvalue weighted by Gasteiger charge is -2.28. The molecule has 33 heteroatoms. The summed E-state index contributed by atoms with van der Waals surface area (Å²) in [6.07, 6.45) is -4.86. The maximum absolute atomic E-state index is 14.1. The van der Waals surface area contributed by atoms with Crippen molar-refractivity contribution < 1.29 is 83.1 Å². The standard InChI is InChI=1S/C40H69N15O17S/c1-18(56)30(37(70)54-25(38(71)72)17-29(62)63)55-36(69)21(6-4-15-48-40(45)46)51-32(65)20(5-3-14-47-39(43)44)50-33(66)22(8-10-26(42)57)52-35(68)24(13-16-73-2)53-34(67)23(9-12-28(60)61)49-31(64)19(41)7-11-27(58)59/h18-25,30,56H,3-17,41H2,1-2H3,(H2,42,57)(H,49,64)(H,50,66)(H,51,65)(H,52,68)(H,53,67)(H,54,70)(H,55,69)(H,58,59)(H,60,61)(H,62,63)(H,71,72)(H4,43,44,47)(H4,45,46,48)/t18-,19+,20+,21+,22+,23+,24+,25+,30+/m1/s1. The number of nitrogens with two attached hydrogens (primary N) is 6. The lowest BCUT2D eigenvalue weighted by Crippen LogP contribution is -2.61. The first-order valence-corrected chi connectivity index (χ1v) is 23.8. The molecule has 73 heavy (non-hydrogen) atoms. The number of carboxylic acid groups (broad SMARTS) is 4. The molecule has 0 aromatic heterocycles. The smallest absolute Gasteiger partial charge is 0.326 e. The van der Waals surface area contributed by atoms with E-state index in [1.165, 1.54) is 11.8 Å². The molecule has 0 radical (unpaired) electrons. The Labute approximate surface area is 422 Å². The Hall–Kier alpha value is -7.55. The van der Waals surface area contributed by atoms with Crippen LogP contribution < -0.4 is 71.6 Å². The second-order valence-corrected chi connectivity index (χ2v) is 17.2.